The van der Waals surface area contributed by atoms with Crippen LogP contribution in [-0.4, -0.2) is 46.8 Å². The molecular weight excluding hydrogens is 400 g/mol. The molecule has 1 aliphatic heterocycles. The molecule has 0 fully saturated rings. The maximum absolute atomic E-state index is 12.5. The van der Waals surface area contributed by atoms with Crippen LogP contribution in [0, 0.1) is 0 Å². The molecule has 1 aliphatic rings. The van der Waals surface area contributed by atoms with Crippen LogP contribution in [0.2, 0.25) is 0 Å². The van der Waals surface area contributed by atoms with Crippen LogP contribution in [0.1, 0.15) is 20.9 Å². The Morgan fingerprint density at radius 3 is 2.87 bits per heavy atom. The van der Waals surface area contributed by atoms with Gasteiger partial charge in [0.25, 0.3) is 11.5 Å². The summed E-state index contributed by atoms with van der Waals surface area (Å²) >= 11 is 1.82. The Balaban J connectivity index is 1.26. The third kappa shape index (κ3) is 5.14. The van der Waals surface area contributed by atoms with Gasteiger partial charge in [0.15, 0.2) is 0 Å². The summed E-state index contributed by atoms with van der Waals surface area (Å²) in [5, 5.41) is 9.24. The number of fused-ring (bicyclic) bond motifs is 1. The lowest BCUT2D eigenvalue weighted by Crippen LogP contribution is -2.38. The number of carbonyl (C=O) groups is 1. The molecule has 3 aromatic rings. The normalized spacial score (nSPS) is 13.6. The standard InChI is InChI=1S/C22H24N4O3S/c27-21-7-6-19(24-26(21)13-14-29-18-4-2-1-3-5-18)22(28)23-10-12-25-11-8-20-17(16-25)9-15-30-20/h1-7,9,15H,8,10-14,16H2,(H,23,28). The topological polar surface area (TPSA) is 76.5 Å². The van der Waals surface area contributed by atoms with E-state index in [1.807, 2.05) is 41.7 Å². The van der Waals surface area contributed by atoms with Crippen molar-refractivity contribution < 1.29 is 9.53 Å². The fraction of sp³-hybridized carbons (Fsp3) is 0.318. The van der Waals surface area contributed by atoms with Crippen LogP contribution in [0.25, 0.3) is 0 Å². The van der Waals surface area contributed by atoms with Crippen molar-refractivity contribution in [2.45, 2.75) is 19.5 Å². The van der Waals surface area contributed by atoms with Crippen LogP contribution >= 0.6 is 11.3 Å². The monoisotopic (exact) mass is 424 g/mol. The van der Waals surface area contributed by atoms with E-state index in [-0.39, 0.29) is 23.7 Å². The number of hydrogen-bond donors (Lipinski definition) is 1. The molecule has 0 atom stereocenters. The van der Waals surface area contributed by atoms with E-state index in [1.165, 1.54) is 27.3 Å². The predicted octanol–water partition coefficient (Wildman–Crippen LogP) is 2.17. The number of benzene rings is 1. The molecule has 0 unspecified atom stereocenters. The number of nitrogens with one attached hydrogen (secondary N) is 1. The molecule has 1 aromatic carbocycles. The molecule has 0 bridgehead atoms. The smallest absolute Gasteiger partial charge is 0.271 e. The first-order valence-electron chi connectivity index (χ1n) is 10.0. The van der Waals surface area contributed by atoms with Gasteiger partial charge in [-0.15, -0.1) is 11.3 Å². The predicted molar refractivity (Wildman–Crippen MR) is 116 cm³/mol. The maximum atomic E-state index is 12.5. The van der Waals surface area contributed by atoms with Crippen molar-refractivity contribution in [2.24, 2.45) is 0 Å². The van der Waals surface area contributed by atoms with Crippen LogP contribution in [0.5, 0.6) is 5.75 Å². The summed E-state index contributed by atoms with van der Waals surface area (Å²) in [6.45, 7) is 3.82. The third-order valence-corrected chi connectivity index (χ3v) is 6.04. The Hall–Kier alpha value is -2.97. The van der Waals surface area contributed by atoms with Gasteiger partial charge in [-0.25, -0.2) is 4.68 Å². The quantitative estimate of drug-likeness (QED) is 0.600. The molecule has 0 radical (unpaired) electrons. The van der Waals surface area contributed by atoms with Crippen LogP contribution in [0.4, 0.5) is 0 Å². The second-order valence-corrected chi connectivity index (χ2v) is 8.09. The van der Waals surface area contributed by atoms with Gasteiger partial charge >= 0.3 is 0 Å². The van der Waals surface area contributed by atoms with Gasteiger partial charge in [0.1, 0.15) is 18.1 Å². The summed E-state index contributed by atoms with van der Waals surface area (Å²) in [6.07, 6.45) is 1.07. The van der Waals surface area contributed by atoms with Crippen LogP contribution < -0.4 is 15.6 Å². The zero-order chi connectivity index (χ0) is 20.8. The second-order valence-electron chi connectivity index (χ2n) is 7.09. The molecule has 30 heavy (non-hydrogen) atoms. The van der Waals surface area contributed by atoms with Gasteiger partial charge in [-0.05, 0) is 41.6 Å². The minimum Gasteiger partial charge on any atom is -0.492 e. The number of aromatic nitrogens is 2. The molecule has 0 spiro atoms. The van der Waals surface area contributed by atoms with Crippen LogP contribution in [-0.2, 0) is 19.5 Å². The van der Waals surface area contributed by atoms with Crippen molar-refractivity contribution in [3.63, 3.8) is 0 Å². The first-order valence-corrected chi connectivity index (χ1v) is 10.9. The van der Waals surface area contributed by atoms with Gasteiger partial charge in [0.2, 0.25) is 0 Å². The minimum absolute atomic E-state index is 0.230. The molecule has 156 valence electrons. The number of thiophene rings is 1. The van der Waals surface area contributed by atoms with Crippen LogP contribution in [0.15, 0.2) is 58.7 Å². The first kappa shape index (κ1) is 20.3. The minimum atomic E-state index is -0.277. The highest BCUT2D eigenvalue weighted by Gasteiger charge is 2.17. The van der Waals surface area contributed by atoms with E-state index in [4.69, 9.17) is 4.74 Å². The summed E-state index contributed by atoms with van der Waals surface area (Å²) < 4.78 is 6.88. The van der Waals surface area contributed by atoms with Crippen molar-refractivity contribution in [3.8, 4) is 5.75 Å². The van der Waals surface area contributed by atoms with Crippen molar-refractivity contribution in [1.29, 1.82) is 0 Å². The number of rotatable bonds is 8. The van der Waals surface area contributed by atoms with Crippen molar-refractivity contribution in [2.75, 3.05) is 26.2 Å². The van der Waals surface area contributed by atoms with Gasteiger partial charge in [0, 0.05) is 37.1 Å². The summed E-state index contributed by atoms with van der Waals surface area (Å²) in [6, 6.07) is 14.4. The van der Waals surface area contributed by atoms with Crippen molar-refractivity contribution in [1.82, 2.24) is 20.0 Å². The first-order chi connectivity index (χ1) is 14.7. The summed E-state index contributed by atoms with van der Waals surface area (Å²) in [4.78, 5) is 28.3. The third-order valence-electron chi connectivity index (χ3n) is 5.01. The van der Waals surface area contributed by atoms with Crippen molar-refractivity contribution >= 4 is 17.2 Å². The van der Waals surface area contributed by atoms with E-state index >= 15 is 0 Å². The molecule has 2 aromatic heterocycles. The summed E-state index contributed by atoms with van der Waals surface area (Å²) in [5.41, 5.74) is 1.36. The number of ether oxygens (including phenoxy) is 1. The highest BCUT2D eigenvalue weighted by atomic mass is 32.1. The largest absolute Gasteiger partial charge is 0.492 e. The zero-order valence-electron chi connectivity index (χ0n) is 16.6. The Morgan fingerprint density at radius 1 is 1.13 bits per heavy atom. The lowest BCUT2D eigenvalue weighted by Gasteiger charge is -2.26. The number of para-hydroxylation sites is 1. The highest BCUT2D eigenvalue weighted by Crippen LogP contribution is 2.23. The second kappa shape index (κ2) is 9.69. The van der Waals surface area contributed by atoms with Gasteiger partial charge in [0.05, 0.1) is 6.54 Å². The number of amides is 1. The average molecular weight is 425 g/mol. The van der Waals surface area contributed by atoms with E-state index in [0.29, 0.717) is 13.2 Å². The molecule has 8 heteroatoms. The summed E-state index contributed by atoms with van der Waals surface area (Å²) in [5.74, 6) is 0.452. The van der Waals surface area contributed by atoms with Gasteiger partial charge in [-0.1, -0.05) is 18.2 Å². The molecule has 3 heterocycles. The lowest BCUT2D eigenvalue weighted by atomic mass is 10.1. The molecular formula is C22H24N4O3S. The molecule has 0 aliphatic carbocycles. The Bertz CT molecular complexity index is 1050. The van der Waals surface area contributed by atoms with Gasteiger partial charge < -0.3 is 10.1 Å². The number of carbonyl (C=O) groups excluding carboxylic acids is 1. The van der Waals surface area contributed by atoms with Crippen molar-refractivity contribution in [3.05, 3.63) is 80.4 Å². The van der Waals surface area contributed by atoms with E-state index < -0.39 is 0 Å². The number of nitrogens with zero attached hydrogens (tertiary/aromatic N) is 3. The number of hydrogen-bond acceptors (Lipinski definition) is 6. The van der Waals surface area contributed by atoms with E-state index in [9.17, 15) is 9.59 Å². The Labute approximate surface area is 178 Å². The fourth-order valence-electron chi connectivity index (χ4n) is 3.41. The maximum Gasteiger partial charge on any atom is 0.271 e. The van der Waals surface area contributed by atoms with Gasteiger partial charge in [-0.3, -0.25) is 14.5 Å². The summed E-state index contributed by atoms with van der Waals surface area (Å²) in [7, 11) is 0. The highest BCUT2D eigenvalue weighted by molar-refractivity contribution is 7.10. The fourth-order valence-corrected chi connectivity index (χ4v) is 4.30. The molecule has 0 saturated heterocycles. The molecule has 1 N–H and O–H groups in total. The average Bonchev–Trinajstić information content (AvgIpc) is 3.24. The lowest BCUT2D eigenvalue weighted by molar-refractivity contribution is 0.0939. The van der Waals surface area contributed by atoms with E-state index in [0.717, 1.165) is 31.8 Å². The van der Waals surface area contributed by atoms with E-state index in [1.54, 1.807) is 0 Å². The van der Waals surface area contributed by atoms with Crippen LogP contribution in [0.3, 0.4) is 0 Å². The zero-order valence-corrected chi connectivity index (χ0v) is 17.4. The molecule has 0 saturated carbocycles. The van der Waals surface area contributed by atoms with E-state index in [2.05, 4.69) is 26.8 Å². The Kier molecular flexibility index (Phi) is 6.56. The van der Waals surface area contributed by atoms with Gasteiger partial charge in [-0.2, -0.15) is 5.10 Å². The molecule has 4 rings (SSSR count). The Morgan fingerprint density at radius 2 is 2.00 bits per heavy atom. The SMILES string of the molecule is O=C(NCCN1CCc2sccc2C1)c1ccc(=O)n(CCOc2ccccc2)n1. The molecule has 1 amide bonds. The molecule has 7 nitrogen and oxygen atoms in total.